The number of alkyl halides is 3. The van der Waals surface area contributed by atoms with Gasteiger partial charge in [0.25, 0.3) is 0 Å². The Labute approximate surface area is 100 Å². The van der Waals surface area contributed by atoms with Crippen molar-refractivity contribution in [2.75, 3.05) is 19.6 Å². The summed E-state index contributed by atoms with van der Waals surface area (Å²) < 4.78 is 38.4. The van der Waals surface area contributed by atoms with Crippen LogP contribution in [0.4, 0.5) is 13.2 Å². The van der Waals surface area contributed by atoms with Crippen molar-refractivity contribution in [2.24, 2.45) is 5.41 Å². The lowest BCUT2D eigenvalue weighted by Crippen LogP contribution is -2.53. The minimum atomic E-state index is -4.09. The quantitative estimate of drug-likeness (QED) is 0.801. The van der Waals surface area contributed by atoms with Crippen LogP contribution in [-0.4, -0.2) is 31.3 Å². The summed E-state index contributed by atoms with van der Waals surface area (Å²) in [6.45, 7) is 4.38. The molecule has 2 rings (SSSR count). The average molecular weight is 250 g/mol. The highest BCUT2D eigenvalue weighted by atomic mass is 19.4. The molecule has 0 spiro atoms. The molecule has 100 valence electrons. The lowest BCUT2D eigenvalue weighted by molar-refractivity contribution is -0.167. The average Bonchev–Trinajstić information content (AvgIpc) is 3.08. The van der Waals surface area contributed by atoms with Crippen molar-refractivity contribution in [3.63, 3.8) is 0 Å². The fourth-order valence-corrected chi connectivity index (χ4v) is 2.65. The van der Waals surface area contributed by atoms with E-state index >= 15 is 0 Å². The zero-order valence-corrected chi connectivity index (χ0v) is 10.3. The molecule has 1 aliphatic carbocycles. The van der Waals surface area contributed by atoms with Gasteiger partial charge in [-0.3, -0.25) is 0 Å². The fraction of sp³-hybridized carbons (Fsp3) is 1.00. The lowest BCUT2D eigenvalue weighted by atomic mass is 9.78. The molecule has 0 radical (unpaired) electrons. The van der Waals surface area contributed by atoms with Crippen molar-refractivity contribution < 1.29 is 13.2 Å². The number of piperidine rings is 1. The zero-order chi connectivity index (χ0) is 12.6. The number of hydrogen-bond donors (Lipinski definition) is 2. The lowest BCUT2D eigenvalue weighted by Gasteiger charge is -2.38. The van der Waals surface area contributed by atoms with Crippen LogP contribution in [0.3, 0.4) is 0 Å². The van der Waals surface area contributed by atoms with Gasteiger partial charge in [0, 0.05) is 13.1 Å². The molecule has 2 nitrogen and oxygen atoms in total. The number of rotatable bonds is 4. The van der Waals surface area contributed by atoms with E-state index in [0.717, 1.165) is 32.4 Å². The van der Waals surface area contributed by atoms with E-state index in [1.54, 1.807) is 0 Å². The predicted molar refractivity (Wildman–Crippen MR) is 60.9 cm³/mol. The van der Waals surface area contributed by atoms with Gasteiger partial charge in [-0.2, -0.15) is 13.2 Å². The third kappa shape index (κ3) is 2.60. The van der Waals surface area contributed by atoms with Gasteiger partial charge in [-0.15, -0.1) is 0 Å². The summed E-state index contributed by atoms with van der Waals surface area (Å²) in [6.07, 6.45) is -0.593. The minimum absolute atomic E-state index is 0.0130. The number of hydrogen-bond acceptors (Lipinski definition) is 2. The van der Waals surface area contributed by atoms with Crippen molar-refractivity contribution in [1.29, 1.82) is 0 Å². The van der Waals surface area contributed by atoms with Gasteiger partial charge in [0.2, 0.25) is 0 Å². The van der Waals surface area contributed by atoms with Gasteiger partial charge < -0.3 is 10.6 Å². The summed E-state index contributed by atoms with van der Waals surface area (Å²) in [6, 6.07) is 0. The third-order valence-electron chi connectivity index (χ3n) is 4.41. The molecular formula is C12H21F3N2. The van der Waals surface area contributed by atoms with Crippen LogP contribution in [0.25, 0.3) is 0 Å². The maximum atomic E-state index is 12.8. The van der Waals surface area contributed by atoms with Crippen molar-refractivity contribution in [2.45, 2.75) is 50.7 Å². The minimum Gasteiger partial charge on any atom is -0.316 e. The van der Waals surface area contributed by atoms with Crippen molar-refractivity contribution in [3.05, 3.63) is 0 Å². The fourth-order valence-electron chi connectivity index (χ4n) is 2.65. The van der Waals surface area contributed by atoms with Crippen molar-refractivity contribution in [3.8, 4) is 0 Å². The van der Waals surface area contributed by atoms with Gasteiger partial charge in [-0.1, -0.05) is 6.92 Å². The Kier molecular flexibility index (Phi) is 3.42. The monoisotopic (exact) mass is 250 g/mol. The molecule has 2 N–H and O–H groups in total. The first-order chi connectivity index (χ1) is 7.93. The summed E-state index contributed by atoms with van der Waals surface area (Å²) in [5.41, 5.74) is -1.55. The molecule has 2 aliphatic rings. The van der Waals surface area contributed by atoms with E-state index in [4.69, 9.17) is 0 Å². The Morgan fingerprint density at radius 2 is 1.94 bits per heavy atom. The predicted octanol–water partition coefficient (Wildman–Crippen LogP) is 2.45. The Hall–Kier alpha value is -0.290. The first-order valence-electron chi connectivity index (χ1n) is 6.46. The molecule has 1 saturated heterocycles. The maximum Gasteiger partial charge on any atom is 0.406 e. The molecule has 0 aromatic heterocycles. The zero-order valence-electron chi connectivity index (χ0n) is 10.3. The SMILES string of the molecule is CCC1(CNC2(C(F)(F)F)CC2)CCCNC1. The molecule has 1 saturated carbocycles. The highest BCUT2D eigenvalue weighted by molar-refractivity contribution is 5.09. The molecule has 0 bridgehead atoms. The van der Waals surface area contributed by atoms with E-state index in [1.807, 2.05) is 0 Å². The van der Waals surface area contributed by atoms with E-state index in [1.165, 1.54) is 0 Å². The van der Waals surface area contributed by atoms with E-state index in [2.05, 4.69) is 17.6 Å². The first-order valence-corrected chi connectivity index (χ1v) is 6.46. The van der Waals surface area contributed by atoms with Crippen LogP contribution in [0, 0.1) is 5.41 Å². The van der Waals surface area contributed by atoms with E-state index in [9.17, 15) is 13.2 Å². The van der Waals surface area contributed by atoms with E-state index in [0.29, 0.717) is 6.54 Å². The Bertz CT molecular complexity index is 265. The second-order valence-electron chi connectivity index (χ2n) is 5.57. The van der Waals surface area contributed by atoms with Crippen LogP contribution in [0.15, 0.2) is 0 Å². The maximum absolute atomic E-state index is 12.8. The van der Waals surface area contributed by atoms with Gasteiger partial charge in [0.15, 0.2) is 0 Å². The first kappa shape index (κ1) is 13.1. The highest BCUT2D eigenvalue weighted by Crippen LogP contribution is 2.49. The molecule has 0 aromatic rings. The van der Waals surface area contributed by atoms with Gasteiger partial charge in [0.05, 0.1) is 0 Å². The topological polar surface area (TPSA) is 24.1 Å². The highest BCUT2D eigenvalue weighted by Gasteiger charge is 2.63. The summed E-state index contributed by atoms with van der Waals surface area (Å²) in [7, 11) is 0. The van der Waals surface area contributed by atoms with E-state index < -0.39 is 11.7 Å². The molecule has 2 fully saturated rings. The summed E-state index contributed by atoms with van der Waals surface area (Å²) >= 11 is 0. The summed E-state index contributed by atoms with van der Waals surface area (Å²) in [5.74, 6) is 0. The molecule has 1 heterocycles. The number of halogens is 3. The standard InChI is InChI=1S/C12H21F3N2/c1-2-10(4-3-7-16-8-10)9-17-11(5-6-11)12(13,14)15/h16-17H,2-9H2,1H3. The molecule has 5 heteroatoms. The van der Waals surface area contributed by atoms with Gasteiger partial charge >= 0.3 is 6.18 Å². The molecule has 1 aliphatic heterocycles. The second-order valence-corrected chi connectivity index (χ2v) is 5.57. The van der Waals surface area contributed by atoms with Gasteiger partial charge in [-0.25, -0.2) is 0 Å². The smallest absolute Gasteiger partial charge is 0.316 e. The van der Waals surface area contributed by atoms with Crippen LogP contribution >= 0.6 is 0 Å². The van der Waals surface area contributed by atoms with Crippen molar-refractivity contribution in [1.82, 2.24) is 10.6 Å². The van der Waals surface area contributed by atoms with Crippen LogP contribution in [0.2, 0.25) is 0 Å². The molecule has 1 unspecified atom stereocenters. The van der Waals surface area contributed by atoms with Crippen LogP contribution in [0.1, 0.15) is 39.0 Å². The molecule has 0 amide bonds. The van der Waals surface area contributed by atoms with Crippen LogP contribution in [0.5, 0.6) is 0 Å². The molecular weight excluding hydrogens is 229 g/mol. The van der Waals surface area contributed by atoms with Crippen LogP contribution in [-0.2, 0) is 0 Å². The third-order valence-corrected chi connectivity index (χ3v) is 4.41. The van der Waals surface area contributed by atoms with Crippen LogP contribution < -0.4 is 10.6 Å². The van der Waals surface area contributed by atoms with Crippen molar-refractivity contribution >= 4 is 0 Å². The number of nitrogens with one attached hydrogen (secondary N) is 2. The Morgan fingerprint density at radius 3 is 2.35 bits per heavy atom. The van der Waals surface area contributed by atoms with E-state index in [-0.39, 0.29) is 18.3 Å². The Morgan fingerprint density at radius 1 is 1.24 bits per heavy atom. The molecule has 0 aromatic carbocycles. The largest absolute Gasteiger partial charge is 0.406 e. The normalized spacial score (nSPS) is 32.5. The Balaban J connectivity index is 1.92. The summed E-state index contributed by atoms with van der Waals surface area (Å²) in [4.78, 5) is 0. The van der Waals surface area contributed by atoms with Gasteiger partial charge in [-0.05, 0) is 44.1 Å². The molecule has 1 atom stereocenters. The molecule has 17 heavy (non-hydrogen) atoms. The second kappa shape index (κ2) is 4.43. The van der Waals surface area contributed by atoms with Gasteiger partial charge in [0.1, 0.15) is 5.54 Å². The summed E-state index contributed by atoms with van der Waals surface area (Å²) in [5, 5.41) is 6.11.